The average Bonchev–Trinajstić information content (AvgIpc) is 3.41. The van der Waals surface area contributed by atoms with Crippen molar-refractivity contribution in [3.05, 3.63) is 106 Å². The first kappa shape index (κ1) is 22.7. The normalized spacial score (nSPS) is 17.3. The van der Waals surface area contributed by atoms with Crippen LogP contribution in [0.4, 0.5) is 0 Å². The molecule has 35 heavy (non-hydrogen) atoms. The highest BCUT2D eigenvalue weighted by Gasteiger charge is 2.46. The number of aromatic amines is 1. The Morgan fingerprint density at radius 3 is 2.49 bits per heavy atom. The number of ketones is 1. The maximum Gasteiger partial charge on any atom is 0.295 e. The molecule has 6 nitrogen and oxygen atoms in total. The molecule has 1 aliphatic rings. The molecular formula is C28H23ClN2O4. The minimum Gasteiger partial charge on any atom is -0.507 e. The highest BCUT2D eigenvalue weighted by atomic mass is 35.5. The third-order valence-corrected chi connectivity index (χ3v) is 6.74. The number of halogens is 1. The van der Waals surface area contributed by atoms with Gasteiger partial charge in [0, 0.05) is 34.2 Å². The van der Waals surface area contributed by atoms with Crippen molar-refractivity contribution in [1.82, 2.24) is 9.88 Å². The molecule has 2 N–H and O–H groups in total. The van der Waals surface area contributed by atoms with E-state index in [1.54, 1.807) is 55.6 Å². The number of fused-ring (bicyclic) bond motifs is 1. The van der Waals surface area contributed by atoms with Crippen LogP contribution in [-0.4, -0.2) is 40.3 Å². The second-order valence-corrected chi connectivity index (χ2v) is 8.76. The molecule has 0 saturated carbocycles. The molecule has 1 amide bonds. The van der Waals surface area contributed by atoms with Gasteiger partial charge in [-0.25, -0.2) is 0 Å². The number of benzene rings is 3. The van der Waals surface area contributed by atoms with Crippen LogP contribution in [0.3, 0.4) is 0 Å². The third-order valence-electron chi connectivity index (χ3n) is 6.40. The Labute approximate surface area is 207 Å². The molecule has 2 heterocycles. The Morgan fingerprint density at radius 2 is 1.74 bits per heavy atom. The number of ether oxygens (including phenoxy) is 1. The summed E-state index contributed by atoms with van der Waals surface area (Å²) in [6.07, 6.45) is 2.45. The molecule has 0 spiro atoms. The van der Waals surface area contributed by atoms with Gasteiger partial charge in [0.2, 0.25) is 0 Å². The van der Waals surface area contributed by atoms with Gasteiger partial charge in [-0.1, -0.05) is 48.0 Å². The highest BCUT2D eigenvalue weighted by molar-refractivity contribution is 6.47. The van der Waals surface area contributed by atoms with Crippen LogP contribution in [0.25, 0.3) is 16.7 Å². The number of hydrogen-bond donors (Lipinski definition) is 2. The number of rotatable bonds is 6. The van der Waals surface area contributed by atoms with Crippen LogP contribution < -0.4 is 4.74 Å². The lowest BCUT2D eigenvalue weighted by Crippen LogP contribution is -2.31. The third kappa shape index (κ3) is 4.06. The summed E-state index contributed by atoms with van der Waals surface area (Å²) in [5, 5.41) is 12.7. The fraction of sp³-hybridized carbons (Fsp3) is 0.143. The second-order valence-electron chi connectivity index (χ2n) is 8.35. The van der Waals surface area contributed by atoms with E-state index in [0.29, 0.717) is 28.3 Å². The number of Topliss-reactive ketones (excluding diaryl/α,β-unsaturated/α-hetero) is 1. The maximum absolute atomic E-state index is 13.2. The summed E-state index contributed by atoms with van der Waals surface area (Å²) in [6, 6.07) is 20.9. The summed E-state index contributed by atoms with van der Waals surface area (Å²) < 4.78 is 5.19. The molecular weight excluding hydrogens is 464 g/mol. The molecule has 1 atom stereocenters. The zero-order valence-electron chi connectivity index (χ0n) is 19.0. The number of para-hydroxylation sites is 1. The predicted molar refractivity (Wildman–Crippen MR) is 135 cm³/mol. The van der Waals surface area contributed by atoms with Gasteiger partial charge in [0.05, 0.1) is 18.7 Å². The van der Waals surface area contributed by atoms with E-state index in [1.807, 2.05) is 30.5 Å². The predicted octanol–water partition coefficient (Wildman–Crippen LogP) is 5.49. The lowest BCUT2D eigenvalue weighted by molar-refractivity contribution is -0.139. The van der Waals surface area contributed by atoms with Gasteiger partial charge in [0.15, 0.2) is 0 Å². The van der Waals surface area contributed by atoms with Crippen LogP contribution in [0.1, 0.15) is 22.7 Å². The van der Waals surface area contributed by atoms with Gasteiger partial charge in [0.1, 0.15) is 11.5 Å². The van der Waals surface area contributed by atoms with E-state index < -0.39 is 17.7 Å². The molecule has 0 radical (unpaired) electrons. The van der Waals surface area contributed by atoms with E-state index in [-0.39, 0.29) is 17.9 Å². The number of aliphatic hydroxyl groups excluding tert-OH is 1. The molecule has 3 aromatic carbocycles. The zero-order chi connectivity index (χ0) is 24.5. The molecule has 0 bridgehead atoms. The molecule has 5 rings (SSSR count). The first-order valence-electron chi connectivity index (χ1n) is 11.2. The highest BCUT2D eigenvalue weighted by Crippen LogP contribution is 2.42. The number of nitrogens with one attached hydrogen (secondary N) is 1. The fourth-order valence-corrected chi connectivity index (χ4v) is 4.85. The van der Waals surface area contributed by atoms with E-state index in [0.717, 1.165) is 16.5 Å². The second kappa shape index (κ2) is 9.31. The molecule has 1 saturated heterocycles. The van der Waals surface area contributed by atoms with Crippen LogP contribution in [0.5, 0.6) is 5.75 Å². The van der Waals surface area contributed by atoms with Gasteiger partial charge in [0.25, 0.3) is 11.7 Å². The molecule has 7 heteroatoms. The van der Waals surface area contributed by atoms with Crippen LogP contribution in [0.2, 0.25) is 5.02 Å². The number of methoxy groups -OCH3 is 1. The van der Waals surface area contributed by atoms with Gasteiger partial charge >= 0.3 is 0 Å². The summed E-state index contributed by atoms with van der Waals surface area (Å²) >= 11 is 6.52. The average molecular weight is 487 g/mol. The number of carbonyl (C=O) groups is 2. The Morgan fingerprint density at radius 1 is 1.03 bits per heavy atom. The molecule has 1 aromatic heterocycles. The number of aliphatic hydroxyl groups is 1. The number of H-pyrrole nitrogens is 1. The number of amides is 1. The smallest absolute Gasteiger partial charge is 0.295 e. The van der Waals surface area contributed by atoms with Crippen molar-refractivity contribution >= 4 is 40.0 Å². The molecule has 176 valence electrons. The quantitative estimate of drug-likeness (QED) is 0.214. The Kier molecular flexibility index (Phi) is 6.05. The van der Waals surface area contributed by atoms with Crippen LogP contribution in [0, 0.1) is 0 Å². The first-order valence-corrected chi connectivity index (χ1v) is 11.6. The Balaban J connectivity index is 1.57. The molecule has 4 aromatic rings. The summed E-state index contributed by atoms with van der Waals surface area (Å²) in [6.45, 7) is 0.279. The summed E-state index contributed by atoms with van der Waals surface area (Å²) in [7, 11) is 1.55. The van der Waals surface area contributed by atoms with Gasteiger partial charge in [-0.15, -0.1) is 0 Å². The largest absolute Gasteiger partial charge is 0.507 e. The van der Waals surface area contributed by atoms with E-state index in [4.69, 9.17) is 16.3 Å². The minimum absolute atomic E-state index is 0.0205. The topological polar surface area (TPSA) is 82.6 Å². The van der Waals surface area contributed by atoms with Gasteiger partial charge in [-0.3, -0.25) is 9.59 Å². The van der Waals surface area contributed by atoms with E-state index in [9.17, 15) is 14.7 Å². The number of carbonyl (C=O) groups excluding carboxylic acids is 2. The number of likely N-dealkylation sites (tertiary alicyclic amines) is 1. The molecule has 1 fully saturated rings. The van der Waals surface area contributed by atoms with Crippen LogP contribution >= 0.6 is 11.6 Å². The van der Waals surface area contributed by atoms with E-state index in [2.05, 4.69) is 4.98 Å². The van der Waals surface area contributed by atoms with Crippen molar-refractivity contribution in [3.8, 4) is 5.75 Å². The number of nitrogens with zero attached hydrogens (tertiary/aromatic N) is 1. The first-order chi connectivity index (χ1) is 17.0. The minimum atomic E-state index is -0.809. The summed E-state index contributed by atoms with van der Waals surface area (Å²) in [5.41, 5.74) is 3.06. The van der Waals surface area contributed by atoms with E-state index in [1.165, 1.54) is 4.90 Å². The SMILES string of the molecule is COc1ccc(C(O)=C2C(=O)C(=O)N(CCc3c[nH]c4ccccc34)[C@H]2c2ccccc2Cl)cc1. The monoisotopic (exact) mass is 486 g/mol. The van der Waals surface area contributed by atoms with Crippen molar-refractivity contribution in [3.63, 3.8) is 0 Å². The van der Waals surface area contributed by atoms with E-state index >= 15 is 0 Å². The van der Waals surface area contributed by atoms with Gasteiger partial charge in [-0.2, -0.15) is 0 Å². The van der Waals surface area contributed by atoms with Crippen LogP contribution in [-0.2, 0) is 16.0 Å². The fourth-order valence-electron chi connectivity index (χ4n) is 4.61. The zero-order valence-corrected chi connectivity index (χ0v) is 19.8. The van der Waals surface area contributed by atoms with Crippen molar-refractivity contribution < 1.29 is 19.4 Å². The maximum atomic E-state index is 13.2. The van der Waals surface area contributed by atoms with Gasteiger partial charge < -0.3 is 19.7 Å². The standard InChI is InChI=1S/C28H23ClN2O4/c1-35-19-12-10-17(11-13-19)26(32)24-25(21-7-2-4-8-22(21)29)31(28(34)27(24)33)15-14-18-16-30-23-9-5-3-6-20(18)23/h2-13,16,25,30,32H,14-15H2,1H3/t25-/m0/s1. The molecule has 1 aliphatic heterocycles. The van der Waals surface area contributed by atoms with Crippen molar-refractivity contribution in [2.45, 2.75) is 12.5 Å². The summed E-state index contributed by atoms with van der Waals surface area (Å²) in [4.78, 5) is 31.2. The molecule has 0 unspecified atom stereocenters. The van der Waals surface area contributed by atoms with Gasteiger partial charge in [-0.05, 0) is 53.9 Å². The molecule has 0 aliphatic carbocycles. The van der Waals surface area contributed by atoms with Crippen molar-refractivity contribution in [2.24, 2.45) is 0 Å². The Hall–Kier alpha value is -4.03. The lowest BCUT2D eigenvalue weighted by Gasteiger charge is -2.26. The Bertz CT molecular complexity index is 1460. The van der Waals surface area contributed by atoms with Crippen molar-refractivity contribution in [1.29, 1.82) is 0 Å². The van der Waals surface area contributed by atoms with Crippen molar-refractivity contribution in [2.75, 3.05) is 13.7 Å². The number of aromatic nitrogens is 1. The lowest BCUT2D eigenvalue weighted by atomic mass is 9.95. The van der Waals surface area contributed by atoms with Crippen LogP contribution in [0.15, 0.2) is 84.6 Å². The summed E-state index contributed by atoms with van der Waals surface area (Å²) in [5.74, 6) is -1.03. The number of hydrogen-bond acceptors (Lipinski definition) is 4.